The van der Waals surface area contributed by atoms with E-state index in [-0.39, 0.29) is 17.0 Å². The van der Waals surface area contributed by atoms with Crippen LogP contribution >= 0.6 is 0 Å². The highest BCUT2D eigenvalue weighted by Gasteiger charge is 2.31. The first-order valence-corrected chi connectivity index (χ1v) is 6.40. The third-order valence-corrected chi connectivity index (χ3v) is 3.34. The summed E-state index contributed by atoms with van der Waals surface area (Å²) in [6.45, 7) is 0.340. The van der Waals surface area contributed by atoms with Gasteiger partial charge in [0.2, 0.25) is 0 Å². The number of nitrogens with zero attached hydrogens (tertiary/aromatic N) is 2. The zero-order chi connectivity index (χ0) is 15.9. The van der Waals surface area contributed by atoms with Gasteiger partial charge in [-0.2, -0.15) is 13.2 Å². The first kappa shape index (κ1) is 14.4. The Morgan fingerprint density at radius 1 is 1.09 bits per heavy atom. The number of hydrogen-bond acceptors (Lipinski definition) is 2. The van der Waals surface area contributed by atoms with E-state index in [1.165, 1.54) is 18.5 Å². The predicted molar refractivity (Wildman–Crippen MR) is 74.6 cm³/mol. The van der Waals surface area contributed by atoms with E-state index in [2.05, 4.69) is 4.98 Å². The standard InChI is InChI=1S/C15H11F4N3/c16-11-3-1-9(2-4-11)7-22-8-21-13-6-10(15(17,18)19)5-12(20)14(13)22/h1-6,8H,7,20H2. The van der Waals surface area contributed by atoms with Crippen LogP contribution in [0.4, 0.5) is 23.2 Å². The van der Waals surface area contributed by atoms with Crippen molar-refractivity contribution in [1.82, 2.24) is 9.55 Å². The molecule has 0 fully saturated rings. The molecule has 0 spiro atoms. The number of nitrogens with two attached hydrogens (primary N) is 1. The lowest BCUT2D eigenvalue weighted by Gasteiger charge is -2.10. The van der Waals surface area contributed by atoms with Gasteiger partial charge in [-0.15, -0.1) is 0 Å². The van der Waals surface area contributed by atoms with Crippen LogP contribution in [0, 0.1) is 5.82 Å². The van der Waals surface area contributed by atoms with Gasteiger partial charge in [0.1, 0.15) is 5.82 Å². The number of fused-ring (bicyclic) bond motifs is 1. The monoisotopic (exact) mass is 309 g/mol. The third kappa shape index (κ3) is 2.61. The Morgan fingerprint density at radius 2 is 1.77 bits per heavy atom. The maximum absolute atomic E-state index is 12.9. The number of nitrogen functional groups attached to an aromatic ring is 1. The van der Waals surface area contributed by atoms with E-state index in [1.807, 2.05) is 0 Å². The zero-order valence-electron chi connectivity index (χ0n) is 11.2. The van der Waals surface area contributed by atoms with Gasteiger partial charge in [-0.3, -0.25) is 0 Å². The van der Waals surface area contributed by atoms with Crippen LogP contribution in [0.5, 0.6) is 0 Å². The number of hydrogen-bond donors (Lipinski definition) is 1. The van der Waals surface area contributed by atoms with Crippen LogP contribution in [0.2, 0.25) is 0 Å². The predicted octanol–water partition coefficient (Wildman–Crippen LogP) is 3.82. The fourth-order valence-electron chi connectivity index (χ4n) is 2.31. The highest BCUT2D eigenvalue weighted by molar-refractivity contribution is 5.88. The summed E-state index contributed by atoms with van der Waals surface area (Å²) in [6, 6.07) is 7.69. The molecule has 3 rings (SSSR count). The molecule has 0 saturated carbocycles. The van der Waals surface area contributed by atoms with Crippen molar-refractivity contribution in [3.63, 3.8) is 0 Å². The summed E-state index contributed by atoms with van der Waals surface area (Å²) in [5.74, 6) is -0.353. The molecular formula is C15H11F4N3. The summed E-state index contributed by atoms with van der Waals surface area (Å²) in [5.41, 5.74) is 6.33. The molecule has 1 heterocycles. The minimum atomic E-state index is -4.47. The largest absolute Gasteiger partial charge is 0.416 e. The highest BCUT2D eigenvalue weighted by atomic mass is 19.4. The molecule has 3 nitrogen and oxygen atoms in total. The summed E-state index contributed by atoms with van der Waals surface area (Å²) in [5, 5.41) is 0. The number of imidazole rings is 1. The van der Waals surface area contributed by atoms with Gasteiger partial charge in [-0.1, -0.05) is 12.1 Å². The van der Waals surface area contributed by atoms with E-state index in [4.69, 9.17) is 5.73 Å². The maximum atomic E-state index is 12.9. The second kappa shape index (κ2) is 5.01. The van der Waals surface area contributed by atoms with Crippen molar-refractivity contribution in [3.8, 4) is 0 Å². The van der Waals surface area contributed by atoms with Crippen molar-refractivity contribution < 1.29 is 17.6 Å². The number of alkyl halides is 3. The fraction of sp³-hybridized carbons (Fsp3) is 0.133. The van der Waals surface area contributed by atoms with Gasteiger partial charge in [-0.05, 0) is 29.8 Å². The van der Waals surface area contributed by atoms with Crippen molar-refractivity contribution >= 4 is 16.7 Å². The molecule has 114 valence electrons. The summed E-state index contributed by atoms with van der Waals surface area (Å²) in [6.07, 6.45) is -3.05. The smallest absolute Gasteiger partial charge is 0.397 e. The third-order valence-electron chi connectivity index (χ3n) is 3.34. The number of anilines is 1. The minimum absolute atomic E-state index is 0.00411. The average Bonchev–Trinajstić information content (AvgIpc) is 2.84. The van der Waals surface area contributed by atoms with Crippen LogP contribution in [0.3, 0.4) is 0 Å². The molecule has 0 aliphatic carbocycles. The molecule has 0 radical (unpaired) electrons. The van der Waals surface area contributed by atoms with Crippen molar-refractivity contribution in [1.29, 1.82) is 0 Å². The molecule has 0 unspecified atom stereocenters. The summed E-state index contributed by atoms with van der Waals surface area (Å²) >= 11 is 0. The molecule has 0 aliphatic rings. The number of halogens is 4. The minimum Gasteiger partial charge on any atom is -0.397 e. The summed E-state index contributed by atoms with van der Waals surface area (Å²) in [4.78, 5) is 3.98. The first-order chi connectivity index (χ1) is 10.3. The van der Waals surface area contributed by atoms with Crippen LogP contribution in [0.25, 0.3) is 11.0 Å². The molecule has 0 bridgehead atoms. The fourth-order valence-corrected chi connectivity index (χ4v) is 2.31. The molecule has 2 aromatic carbocycles. The van der Waals surface area contributed by atoms with Crippen molar-refractivity contribution in [2.24, 2.45) is 0 Å². The van der Waals surface area contributed by atoms with Gasteiger partial charge < -0.3 is 10.3 Å². The Hall–Kier alpha value is -2.57. The van der Waals surface area contributed by atoms with Gasteiger partial charge >= 0.3 is 6.18 Å². The SMILES string of the molecule is Nc1cc(C(F)(F)F)cc2ncn(Cc3ccc(F)cc3)c12. The highest BCUT2D eigenvalue weighted by Crippen LogP contribution is 2.34. The second-order valence-electron chi connectivity index (χ2n) is 4.93. The molecular weight excluding hydrogens is 298 g/mol. The van der Waals surface area contributed by atoms with Crippen LogP contribution in [-0.4, -0.2) is 9.55 Å². The Labute approximate surface area is 123 Å². The van der Waals surface area contributed by atoms with E-state index < -0.39 is 11.7 Å². The topological polar surface area (TPSA) is 43.8 Å². The van der Waals surface area contributed by atoms with E-state index in [1.54, 1.807) is 16.7 Å². The lowest BCUT2D eigenvalue weighted by molar-refractivity contribution is -0.137. The Morgan fingerprint density at radius 3 is 2.41 bits per heavy atom. The Balaban J connectivity index is 2.03. The normalized spacial score (nSPS) is 12.0. The first-order valence-electron chi connectivity index (χ1n) is 6.40. The van der Waals surface area contributed by atoms with Crippen molar-refractivity contribution in [3.05, 3.63) is 59.7 Å². The van der Waals surface area contributed by atoms with E-state index >= 15 is 0 Å². The van der Waals surface area contributed by atoms with E-state index in [9.17, 15) is 17.6 Å². The Bertz CT molecular complexity index is 819. The zero-order valence-corrected chi connectivity index (χ0v) is 11.2. The number of rotatable bonds is 2. The second-order valence-corrected chi connectivity index (χ2v) is 4.93. The summed E-state index contributed by atoms with van der Waals surface area (Å²) in [7, 11) is 0. The van der Waals surface area contributed by atoms with Crippen LogP contribution in [-0.2, 0) is 12.7 Å². The lowest BCUT2D eigenvalue weighted by atomic mass is 10.1. The molecule has 0 amide bonds. The van der Waals surface area contributed by atoms with Gasteiger partial charge in [0, 0.05) is 6.54 Å². The molecule has 7 heteroatoms. The molecule has 2 N–H and O–H groups in total. The van der Waals surface area contributed by atoms with Gasteiger partial charge in [0.25, 0.3) is 0 Å². The summed E-state index contributed by atoms with van der Waals surface area (Å²) < 4.78 is 52.8. The molecule has 0 saturated heterocycles. The van der Waals surface area contributed by atoms with Crippen LogP contribution in [0.15, 0.2) is 42.7 Å². The van der Waals surface area contributed by atoms with Crippen LogP contribution in [0.1, 0.15) is 11.1 Å². The van der Waals surface area contributed by atoms with Gasteiger partial charge in [0.15, 0.2) is 0 Å². The number of aromatic nitrogens is 2. The maximum Gasteiger partial charge on any atom is 0.416 e. The van der Waals surface area contributed by atoms with Gasteiger partial charge in [-0.25, -0.2) is 9.37 Å². The van der Waals surface area contributed by atoms with E-state index in [0.717, 1.165) is 17.7 Å². The lowest BCUT2D eigenvalue weighted by Crippen LogP contribution is -2.07. The quantitative estimate of drug-likeness (QED) is 0.577. The molecule has 0 aliphatic heterocycles. The van der Waals surface area contributed by atoms with Crippen molar-refractivity contribution in [2.45, 2.75) is 12.7 Å². The van der Waals surface area contributed by atoms with Gasteiger partial charge in [0.05, 0.1) is 28.6 Å². The molecule has 0 atom stereocenters. The number of benzene rings is 2. The van der Waals surface area contributed by atoms with Crippen LogP contribution < -0.4 is 5.73 Å². The Kier molecular flexibility index (Phi) is 3.27. The van der Waals surface area contributed by atoms with Crippen molar-refractivity contribution in [2.75, 3.05) is 5.73 Å². The average molecular weight is 309 g/mol. The molecule has 1 aromatic heterocycles. The molecule has 22 heavy (non-hydrogen) atoms. The molecule has 3 aromatic rings. The van der Waals surface area contributed by atoms with E-state index in [0.29, 0.717) is 12.1 Å².